The lowest BCUT2D eigenvalue weighted by Gasteiger charge is -2.26. The molecule has 2 atom stereocenters. The van der Waals surface area contributed by atoms with Crippen molar-refractivity contribution in [1.82, 2.24) is 19.6 Å². The van der Waals surface area contributed by atoms with Gasteiger partial charge >= 0.3 is 0 Å². The Bertz CT molecular complexity index is 839. The molecule has 1 N–H and O–H groups in total. The first-order valence-corrected chi connectivity index (χ1v) is 12.7. The molecule has 0 saturated carbocycles. The number of nitrogens with zero attached hydrogens (tertiary/aromatic N) is 4. The van der Waals surface area contributed by atoms with Crippen LogP contribution in [0.1, 0.15) is 58.4 Å². The van der Waals surface area contributed by atoms with Gasteiger partial charge in [-0.05, 0) is 58.0 Å². The Kier molecular flexibility index (Phi) is 7.70. The number of rotatable bonds is 8. The van der Waals surface area contributed by atoms with Crippen molar-refractivity contribution >= 4 is 0 Å². The molecule has 1 aromatic heterocycles. The minimum absolute atomic E-state index is 0.00424. The standard InChI is InChI=1S/C27H42N4O/c1-4-27(2,3)31-20-24(26(28-31)22-12-8-7-9-13-22)18-30-17-23(25(19-30)21-32)16-29-14-10-5-6-11-15-29/h7-9,12-13,20,23,25,32H,4-6,10-11,14-19,21H2,1-3H3. The highest BCUT2D eigenvalue weighted by Crippen LogP contribution is 2.31. The van der Waals surface area contributed by atoms with Crippen molar-refractivity contribution in [3.63, 3.8) is 0 Å². The third kappa shape index (κ3) is 5.44. The van der Waals surface area contributed by atoms with Crippen LogP contribution in [0.4, 0.5) is 0 Å². The molecule has 2 aliphatic rings. The molecule has 2 saturated heterocycles. The quantitative estimate of drug-likeness (QED) is 0.654. The van der Waals surface area contributed by atoms with Crippen LogP contribution in [0.15, 0.2) is 36.5 Å². The molecule has 32 heavy (non-hydrogen) atoms. The van der Waals surface area contributed by atoms with Crippen LogP contribution >= 0.6 is 0 Å². The van der Waals surface area contributed by atoms with Gasteiger partial charge in [0, 0.05) is 50.1 Å². The van der Waals surface area contributed by atoms with E-state index in [1.165, 1.54) is 49.9 Å². The molecule has 2 aliphatic heterocycles. The second kappa shape index (κ2) is 10.5. The first-order valence-electron chi connectivity index (χ1n) is 12.7. The Morgan fingerprint density at radius 1 is 0.969 bits per heavy atom. The number of hydrogen-bond acceptors (Lipinski definition) is 4. The van der Waals surface area contributed by atoms with Crippen molar-refractivity contribution in [2.45, 2.75) is 65.0 Å². The summed E-state index contributed by atoms with van der Waals surface area (Å²) in [5, 5.41) is 15.2. The molecule has 0 amide bonds. The molecule has 2 fully saturated rings. The van der Waals surface area contributed by atoms with E-state index in [-0.39, 0.29) is 5.54 Å². The molecular weight excluding hydrogens is 396 g/mol. The Morgan fingerprint density at radius 2 is 1.66 bits per heavy atom. The van der Waals surface area contributed by atoms with Crippen LogP contribution in [-0.4, -0.2) is 64.0 Å². The summed E-state index contributed by atoms with van der Waals surface area (Å²) < 4.78 is 2.17. The van der Waals surface area contributed by atoms with E-state index < -0.39 is 0 Å². The molecule has 1 aromatic carbocycles. The van der Waals surface area contributed by atoms with E-state index in [9.17, 15) is 5.11 Å². The summed E-state index contributed by atoms with van der Waals surface area (Å²) in [6.07, 6.45) is 8.70. The summed E-state index contributed by atoms with van der Waals surface area (Å²) in [5.74, 6) is 0.931. The summed E-state index contributed by atoms with van der Waals surface area (Å²) in [6, 6.07) is 10.6. The van der Waals surface area contributed by atoms with Gasteiger partial charge in [-0.3, -0.25) is 9.58 Å². The monoisotopic (exact) mass is 438 g/mol. The van der Waals surface area contributed by atoms with E-state index in [4.69, 9.17) is 5.10 Å². The lowest BCUT2D eigenvalue weighted by Crippen LogP contribution is -2.34. The highest BCUT2D eigenvalue weighted by Gasteiger charge is 2.34. The summed E-state index contributed by atoms with van der Waals surface area (Å²) in [4.78, 5) is 5.21. The van der Waals surface area contributed by atoms with Gasteiger partial charge in [0.15, 0.2) is 0 Å². The number of hydrogen-bond donors (Lipinski definition) is 1. The molecule has 2 aromatic rings. The van der Waals surface area contributed by atoms with Crippen LogP contribution in [0.2, 0.25) is 0 Å². The first kappa shape index (κ1) is 23.5. The zero-order valence-electron chi connectivity index (χ0n) is 20.3. The number of aromatic nitrogens is 2. The lowest BCUT2D eigenvalue weighted by molar-refractivity contribution is 0.165. The van der Waals surface area contributed by atoms with E-state index in [1.807, 2.05) is 0 Å². The van der Waals surface area contributed by atoms with Gasteiger partial charge < -0.3 is 10.0 Å². The van der Waals surface area contributed by atoms with Gasteiger partial charge in [-0.15, -0.1) is 0 Å². The van der Waals surface area contributed by atoms with E-state index in [0.29, 0.717) is 18.4 Å². The molecule has 5 heteroatoms. The zero-order valence-corrected chi connectivity index (χ0v) is 20.3. The fourth-order valence-electron chi connectivity index (χ4n) is 5.31. The highest BCUT2D eigenvalue weighted by molar-refractivity contribution is 5.62. The molecule has 5 nitrogen and oxygen atoms in total. The fourth-order valence-corrected chi connectivity index (χ4v) is 5.31. The van der Waals surface area contributed by atoms with Crippen LogP contribution in [0.3, 0.4) is 0 Å². The maximum Gasteiger partial charge on any atom is 0.0968 e. The van der Waals surface area contributed by atoms with Crippen molar-refractivity contribution in [1.29, 1.82) is 0 Å². The normalized spacial score (nSPS) is 23.5. The van der Waals surface area contributed by atoms with E-state index >= 15 is 0 Å². The number of aliphatic hydroxyl groups is 1. The SMILES string of the molecule is CCC(C)(C)n1cc(CN2CC(CO)C(CN3CCCCCC3)C2)c(-c2ccccc2)n1. The van der Waals surface area contributed by atoms with Crippen LogP contribution in [0, 0.1) is 11.8 Å². The van der Waals surface area contributed by atoms with E-state index in [0.717, 1.165) is 38.3 Å². The number of likely N-dealkylation sites (tertiary alicyclic amines) is 2. The van der Waals surface area contributed by atoms with Gasteiger partial charge in [0.2, 0.25) is 0 Å². The molecule has 0 bridgehead atoms. The van der Waals surface area contributed by atoms with Crippen LogP contribution in [-0.2, 0) is 12.1 Å². The summed E-state index contributed by atoms with van der Waals surface area (Å²) in [7, 11) is 0. The third-order valence-corrected chi connectivity index (χ3v) is 7.79. The van der Waals surface area contributed by atoms with Gasteiger partial charge in [0.25, 0.3) is 0 Å². The van der Waals surface area contributed by atoms with Crippen LogP contribution in [0.5, 0.6) is 0 Å². The molecule has 0 aliphatic carbocycles. The summed E-state index contributed by atoms with van der Waals surface area (Å²) in [6.45, 7) is 13.6. The maximum absolute atomic E-state index is 10.1. The second-order valence-corrected chi connectivity index (χ2v) is 10.6. The minimum Gasteiger partial charge on any atom is -0.396 e. The van der Waals surface area contributed by atoms with Crippen molar-refractivity contribution < 1.29 is 5.11 Å². The van der Waals surface area contributed by atoms with Gasteiger partial charge in [0.1, 0.15) is 0 Å². The van der Waals surface area contributed by atoms with E-state index in [2.05, 4.69) is 71.8 Å². The molecule has 176 valence electrons. The summed E-state index contributed by atoms with van der Waals surface area (Å²) in [5.41, 5.74) is 3.58. The minimum atomic E-state index is -0.00424. The molecule has 2 unspecified atom stereocenters. The number of benzene rings is 1. The molecule has 0 spiro atoms. The Hall–Kier alpha value is -1.69. The average molecular weight is 439 g/mol. The zero-order chi connectivity index (χ0) is 22.6. The Balaban J connectivity index is 1.51. The van der Waals surface area contributed by atoms with Crippen LogP contribution in [0.25, 0.3) is 11.3 Å². The van der Waals surface area contributed by atoms with Gasteiger partial charge in [0.05, 0.1) is 11.2 Å². The van der Waals surface area contributed by atoms with Gasteiger partial charge in [-0.25, -0.2) is 0 Å². The van der Waals surface area contributed by atoms with E-state index in [1.54, 1.807) is 0 Å². The third-order valence-electron chi connectivity index (χ3n) is 7.79. The van der Waals surface area contributed by atoms with Gasteiger partial charge in [-0.1, -0.05) is 50.1 Å². The fraction of sp³-hybridized carbons (Fsp3) is 0.667. The largest absolute Gasteiger partial charge is 0.396 e. The topological polar surface area (TPSA) is 44.5 Å². The smallest absolute Gasteiger partial charge is 0.0968 e. The molecule has 0 radical (unpaired) electrons. The van der Waals surface area contributed by atoms with Gasteiger partial charge in [-0.2, -0.15) is 5.10 Å². The number of aliphatic hydroxyl groups excluding tert-OH is 1. The summed E-state index contributed by atoms with van der Waals surface area (Å²) >= 11 is 0. The maximum atomic E-state index is 10.1. The van der Waals surface area contributed by atoms with Crippen molar-refractivity contribution in [3.8, 4) is 11.3 Å². The average Bonchev–Trinajstić information content (AvgIpc) is 3.31. The predicted molar refractivity (Wildman–Crippen MR) is 132 cm³/mol. The Labute approximate surface area is 194 Å². The van der Waals surface area contributed by atoms with Crippen LogP contribution < -0.4 is 0 Å². The second-order valence-electron chi connectivity index (χ2n) is 10.6. The molecule has 3 heterocycles. The van der Waals surface area contributed by atoms with Crippen molar-refractivity contribution in [2.75, 3.05) is 39.3 Å². The predicted octanol–water partition coefficient (Wildman–Crippen LogP) is 4.61. The highest BCUT2D eigenvalue weighted by atomic mass is 16.3. The Morgan fingerprint density at radius 3 is 2.31 bits per heavy atom. The lowest BCUT2D eigenvalue weighted by atomic mass is 9.96. The van der Waals surface area contributed by atoms with Crippen molar-refractivity contribution in [2.24, 2.45) is 11.8 Å². The molecule has 4 rings (SSSR count). The molecular formula is C27H42N4O. The first-order chi connectivity index (χ1) is 15.5. The van der Waals surface area contributed by atoms with Crippen molar-refractivity contribution in [3.05, 3.63) is 42.1 Å².